The molecule has 0 heterocycles. The highest BCUT2D eigenvalue weighted by Crippen LogP contribution is 2.26. The maximum Gasteiger partial charge on any atom is 0.246 e. The Morgan fingerprint density at radius 1 is 1.06 bits per heavy atom. The summed E-state index contributed by atoms with van der Waals surface area (Å²) in [5.74, 6) is -1.25. The number of carbonyl (C=O) groups excluding carboxylic acids is 3. The topological polar surface area (TPSA) is 119 Å². The van der Waals surface area contributed by atoms with Gasteiger partial charge in [0.1, 0.15) is 0 Å². The van der Waals surface area contributed by atoms with Crippen LogP contribution in [0.4, 0.5) is 5.69 Å². The van der Waals surface area contributed by atoms with Crippen molar-refractivity contribution in [2.75, 3.05) is 25.0 Å². The number of benzene rings is 2. The summed E-state index contributed by atoms with van der Waals surface area (Å²) in [4.78, 5) is 39.0. The summed E-state index contributed by atoms with van der Waals surface area (Å²) in [6.07, 6.45) is 1.94. The van der Waals surface area contributed by atoms with E-state index < -0.39 is 17.9 Å². The van der Waals surface area contributed by atoms with Crippen LogP contribution in [0.3, 0.4) is 0 Å². The van der Waals surface area contributed by atoms with Crippen molar-refractivity contribution >= 4 is 68.8 Å². The fraction of sp³-hybridized carbons (Fsp3) is 0.318. The summed E-state index contributed by atoms with van der Waals surface area (Å²) in [5.41, 5.74) is 12.7. The molecule has 0 aliphatic heterocycles. The van der Waals surface area contributed by atoms with Gasteiger partial charge in [-0.05, 0) is 37.6 Å². The molecule has 0 aliphatic rings. The fourth-order valence-electron chi connectivity index (χ4n) is 2.98. The zero-order chi connectivity index (χ0) is 22.1. The van der Waals surface area contributed by atoms with E-state index in [2.05, 4.69) is 5.32 Å². The van der Waals surface area contributed by atoms with Crippen LogP contribution in [-0.4, -0.2) is 43.8 Å². The predicted octanol–water partition coefficient (Wildman–Crippen LogP) is 3.26. The van der Waals surface area contributed by atoms with Crippen LogP contribution in [0.1, 0.15) is 35.2 Å². The summed E-state index contributed by atoms with van der Waals surface area (Å²) in [5, 5.41) is 2.72. The Hall–Kier alpha value is -1.78. The van der Waals surface area contributed by atoms with Crippen molar-refractivity contribution in [1.29, 1.82) is 0 Å². The minimum atomic E-state index is -0.767. The maximum absolute atomic E-state index is 12.9. The van der Waals surface area contributed by atoms with Crippen LogP contribution >= 0.6 is 45.6 Å². The Labute approximate surface area is 214 Å². The molecule has 0 bridgehead atoms. The molecule has 0 radical (unpaired) electrons. The molecular formula is C22H29Br2ClN4O3. The zero-order valence-electron chi connectivity index (χ0n) is 17.8. The molecule has 0 saturated carbocycles. The van der Waals surface area contributed by atoms with Crippen molar-refractivity contribution in [3.8, 4) is 0 Å². The van der Waals surface area contributed by atoms with Gasteiger partial charge in [0.05, 0.1) is 12.6 Å². The molecule has 0 fully saturated rings. The van der Waals surface area contributed by atoms with E-state index in [1.807, 2.05) is 6.07 Å². The average Bonchev–Trinajstić information content (AvgIpc) is 2.73. The first-order valence-electron chi connectivity index (χ1n) is 9.73. The lowest BCUT2D eigenvalue weighted by Gasteiger charge is -2.22. The number of likely N-dealkylation sites (N-methyl/N-ethyl adjacent to an activating group) is 1. The number of rotatable bonds is 10. The Morgan fingerprint density at radius 2 is 1.72 bits per heavy atom. The van der Waals surface area contributed by atoms with Crippen LogP contribution in [0.25, 0.3) is 0 Å². The molecule has 2 aromatic carbocycles. The largest absolute Gasteiger partial charge is 0.365 e. The van der Waals surface area contributed by atoms with Crippen molar-refractivity contribution in [1.82, 2.24) is 5.32 Å². The van der Waals surface area contributed by atoms with Gasteiger partial charge in [-0.2, -0.15) is 0 Å². The number of nitrogens with one attached hydrogen (secondary N) is 1. The van der Waals surface area contributed by atoms with Crippen molar-refractivity contribution < 1.29 is 14.4 Å². The number of imide groups is 1. The van der Waals surface area contributed by atoms with Gasteiger partial charge in [-0.1, -0.05) is 48.4 Å². The quantitative estimate of drug-likeness (QED) is 0.288. The number of nitrogens with two attached hydrogens (primary N) is 2. The van der Waals surface area contributed by atoms with Gasteiger partial charge in [0.25, 0.3) is 0 Å². The van der Waals surface area contributed by atoms with E-state index >= 15 is 0 Å². The summed E-state index contributed by atoms with van der Waals surface area (Å²) in [6.45, 7) is 0.404. The van der Waals surface area contributed by atoms with Crippen LogP contribution in [0, 0.1) is 0 Å². The normalized spacial score (nSPS) is 10.9. The third-order valence-corrected chi connectivity index (χ3v) is 4.83. The number of unbranched alkanes of at least 4 members (excludes halogenated alkanes) is 1. The highest BCUT2D eigenvalue weighted by atomic mass is 79.9. The molecule has 0 spiro atoms. The summed E-state index contributed by atoms with van der Waals surface area (Å²) >= 11 is 6.10. The molecule has 7 nitrogen and oxygen atoms in total. The van der Waals surface area contributed by atoms with Gasteiger partial charge >= 0.3 is 0 Å². The van der Waals surface area contributed by atoms with Crippen molar-refractivity contribution in [2.24, 2.45) is 11.5 Å². The van der Waals surface area contributed by atoms with E-state index in [0.717, 1.165) is 12.8 Å². The smallest absolute Gasteiger partial charge is 0.246 e. The van der Waals surface area contributed by atoms with Gasteiger partial charge in [0, 0.05) is 28.9 Å². The Morgan fingerprint density at radius 3 is 2.34 bits per heavy atom. The number of carbonyl (C=O) groups is 3. The fourth-order valence-corrected chi connectivity index (χ4v) is 3.15. The lowest BCUT2D eigenvalue weighted by Crippen LogP contribution is -2.46. The standard InChI is InChI=1S/C22H27ClN4O3.2BrH/c1-27(14-20(28)26-22(30)18(25)9-5-6-12-24)19-11-10-16(23)13-17(19)21(29)15-7-3-2-4-8-15;;/h2-4,7-8,10-11,13,18H,5-6,9,12,14,24-25H2,1H3,(H,26,28,30);2*1H/t18-;;/m0../s1. The molecule has 2 rings (SSSR count). The minimum absolute atomic E-state index is 0. The van der Waals surface area contributed by atoms with Gasteiger partial charge < -0.3 is 16.4 Å². The molecule has 0 aliphatic carbocycles. The second kappa shape index (κ2) is 15.1. The number of nitrogens with zero attached hydrogens (tertiary/aromatic N) is 1. The van der Waals surface area contributed by atoms with Gasteiger partial charge in [0.15, 0.2) is 5.78 Å². The number of ketones is 1. The first kappa shape index (κ1) is 30.2. The first-order valence-corrected chi connectivity index (χ1v) is 10.1. The highest BCUT2D eigenvalue weighted by molar-refractivity contribution is 8.93. The average molecular weight is 593 g/mol. The van der Waals surface area contributed by atoms with Crippen LogP contribution < -0.4 is 21.7 Å². The predicted molar refractivity (Wildman–Crippen MR) is 139 cm³/mol. The number of anilines is 1. The van der Waals surface area contributed by atoms with E-state index in [1.54, 1.807) is 54.4 Å². The SMILES string of the molecule is Br.Br.CN(CC(=O)NC(=O)[C@@H](N)CCCCN)c1ccc(Cl)cc1C(=O)c1ccccc1. The van der Waals surface area contributed by atoms with Gasteiger partial charge in [-0.25, -0.2) is 0 Å². The third kappa shape index (κ3) is 8.99. The lowest BCUT2D eigenvalue weighted by atomic mass is 10.0. The van der Waals surface area contributed by atoms with Crippen LogP contribution in [-0.2, 0) is 9.59 Å². The maximum atomic E-state index is 12.9. The number of hydrogen-bond acceptors (Lipinski definition) is 6. The van der Waals surface area contributed by atoms with E-state index in [4.69, 9.17) is 23.1 Å². The molecule has 0 aromatic heterocycles. The first-order chi connectivity index (χ1) is 14.3. The number of amides is 2. The number of halogens is 3. The molecule has 5 N–H and O–H groups in total. The third-order valence-electron chi connectivity index (χ3n) is 4.60. The van der Waals surface area contributed by atoms with Gasteiger partial charge in [-0.3, -0.25) is 19.7 Å². The highest BCUT2D eigenvalue weighted by Gasteiger charge is 2.20. The lowest BCUT2D eigenvalue weighted by molar-refractivity contribution is -0.130. The van der Waals surface area contributed by atoms with Crippen LogP contribution in [0.2, 0.25) is 5.02 Å². The Balaban J connectivity index is 0.00000480. The van der Waals surface area contributed by atoms with Crippen molar-refractivity contribution in [3.05, 3.63) is 64.7 Å². The van der Waals surface area contributed by atoms with E-state index in [9.17, 15) is 14.4 Å². The monoisotopic (exact) mass is 590 g/mol. The molecular weight excluding hydrogens is 564 g/mol. The molecule has 0 unspecified atom stereocenters. The minimum Gasteiger partial charge on any atom is -0.365 e. The molecule has 2 amide bonds. The van der Waals surface area contributed by atoms with E-state index in [-0.39, 0.29) is 46.3 Å². The summed E-state index contributed by atoms with van der Waals surface area (Å²) in [6, 6.07) is 12.9. The van der Waals surface area contributed by atoms with Gasteiger partial charge in [-0.15, -0.1) is 34.0 Å². The van der Waals surface area contributed by atoms with Crippen molar-refractivity contribution in [3.63, 3.8) is 0 Å². The molecule has 10 heteroatoms. The molecule has 32 heavy (non-hydrogen) atoms. The summed E-state index contributed by atoms with van der Waals surface area (Å²) in [7, 11) is 1.66. The Kier molecular flexibility index (Phi) is 14.3. The second-order valence-corrected chi connectivity index (χ2v) is 7.45. The molecule has 2 aromatic rings. The van der Waals surface area contributed by atoms with Crippen molar-refractivity contribution in [2.45, 2.75) is 25.3 Å². The number of hydrogen-bond donors (Lipinski definition) is 3. The second-order valence-electron chi connectivity index (χ2n) is 7.02. The molecule has 0 saturated heterocycles. The molecule has 176 valence electrons. The van der Waals surface area contributed by atoms with Gasteiger partial charge in [0.2, 0.25) is 11.8 Å². The summed E-state index contributed by atoms with van der Waals surface area (Å²) < 4.78 is 0. The van der Waals surface area contributed by atoms with E-state index in [1.165, 1.54) is 0 Å². The Bertz CT molecular complexity index is 900. The van der Waals surface area contributed by atoms with Crippen LogP contribution in [0.5, 0.6) is 0 Å². The zero-order valence-corrected chi connectivity index (χ0v) is 21.9. The van der Waals surface area contributed by atoms with Crippen LogP contribution in [0.15, 0.2) is 48.5 Å². The molecule has 1 atom stereocenters. The van der Waals surface area contributed by atoms with E-state index in [0.29, 0.717) is 34.8 Å².